The number of hydrogen-bond donors (Lipinski definition) is 0. The molecule has 1 aliphatic heterocycles. The first-order valence-corrected chi connectivity index (χ1v) is 15.1. The topological polar surface area (TPSA) is 42.4 Å². The van der Waals surface area contributed by atoms with Crippen molar-refractivity contribution in [2.24, 2.45) is 5.92 Å². The van der Waals surface area contributed by atoms with E-state index in [4.69, 9.17) is 4.43 Å². The molecule has 2 aliphatic rings. The van der Waals surface area contributed by atoms with E-state index in [0.717, 1.165) is 38.8 Å². The Balaban J connectivity index is 1.50. The normalized spacial score (nSPS) is 22.7. The van der Waals surface area contributed by atoms with Gasteiger partial charge in [0.25, 0.3) is 0 Å². The molecular formula is C27H37FN2O2Si. The van der Waals surface area contributed by atoms with Gasteiger partial charge in [-0.05, 0) is 80.2 Å². The van der Waals surface area contributed by atoms with Gasteiger partial charge in [-0.25, -0.2) is 4.98 Å². The van der Waals surface area contributed by atoms with Gasteiger partial charge in [0.05, 0.1) is 11.7 Å². The molecule has 0 bridgehead atoms. The monoisotopic (exact) mass is 468 g/mol. The van der Waals surface area contributed by atoms with Crippen molar-refractivity contribution in [1.82, 2.24) is 9.88 Å². The molecule has 2 atom stereocenters. The Morgan fingerprint density at radius 3 is 2.30 bits per heavy atom. The maximum absolute atomic E-state index is 14.1. The van der Waals surface area contributed by atoms with E-state index in [1.165, 1.54) is 17.3 Å². The third kappa shape index (κ3) is 5.13. The summed E-state index contributed by atoms with van der Waals surface area (Å²) in [5.74, 6) is -0.907. The van der Waals surface area contributed by atoms with Gasteiger partial charge in [-0.15, -0.1) is 0 Å². The second kappa shape index (κ2) is 9.39. The molecular weight excluding hydrogens is 431 g/mol. The van der Waals surface area contributed by atoms with Crippen molar-refractivity contribution in [3.05, 3.63) is 65.2 Å². The molecule has 0 amide bonds. The molecule has 1 aliphatic carbocycles. The SMILES string of the molecule is CC(C)(C)[Si](C)(C)O[C@H]1Cc2ccccc2C[C@@H]1N1CCC(C(=O)c2cccnc2F)CC1. The van der Waals surface area contributed by atoms with Gasteiger partial charge >= 0.3 is 0 Å². The Kier molecular flexibility index (Phi) is 6.90. The molecule has 1 saturated heterocycles. The van der Waals surface area contributed by atoms with Crippen LogP contribution in [0.2, 0.25) is 18.1 Å². The number of ketones is 1. The quantitative estimate of drug-likeness (QED) is 0.322. The zero-order valence-corrected chi connectivity index (χ0v) is 21.6. The fourth-order valence-corrected chi connectivity index (χ4v) is 6.34. The lowest BCUT2D eigenvalue weighted by Gasteiger charge is -2.47. The van der Waals surface area contributed by atoms with Crippen LogP contribution in [-0.2, 0) is 17.3 Å². The summed E-state index contributed by atoms with van der Waals surface area (Å²) in [6.07, 6.45) is 4.95. The van der Waals surface area contributed by atoms with E-state index in [1.54, 1.807) is 12.1 Å². The summed E-state index contributed by atoms with van der Waals surface area (Å²) in [6, 6.07) is 12.2. The van der Waals surface area contributed by atoms with Crippen LogP contribution in [-0.4, -0.2) is 49.2 Å². The number of carbonyl (C=O) groups is 1. The first kappa shape index (κ1) is 24.2. The van der Waals surface area contributed by atoms with E-state index in [1.807, 2.05) is 0 Å². The molecule has 2 aromatic rings. The van der Waals surface area contributed by atoms with Crippen molar-refractivity contribution in [1.29, 1.82) is 0 Å². The van der Waals surface area contributed by atoms with Crippen LogP contribution in [0.3, 0.4) is 0 Å². The summed E-state index contributed by atoms with van der Waals surface area (Å²) >= 11 is 0. The maximum Gasteiger partial charge on any atom is 0.223 e. The number of benzene rings is 1. The smallest absolute Gasteiger partial charge is 0.223 e. The standard InChI is InChI=1S/C27H37FN2O2Si/c1-27(2,3)33(4,5)32-24-18-21-10-7-6-9-20(21)17-23(24)30-15-12-19(13-16-30)25(31)22-11-8-14-29-26(22)28/h6-11,14,19,23-24H,12-13,15-18H2,1-5H3/t23-,24-/m0/s1. The van der Waals surface area contributed by atoms with E-state index in [-0.39, 0.29) is 28.4 Å². The second-order valence-electron chi connectivity index (χ2n) is 11.2. The lowest BCUT2D eigenvalue weighted by Crippen LogP contribution is -2.56. The molecule has 1 aromatic carbocycles. The minimum atomic E-state index is -1.93. The molecule has 0 unspecified atom stereocenters. The summed E-state index contributed by atoms with van der Waals surface area (Å²) in [6.45, 7) is 13.2. The van der Waals surface area contributed by atoms with E-state index < -0.39 is 14.3 Å². The van der Waals surface area contributed by atoms with E-state index >= 15 is 0 Å². The molecule has 0 saturated carbocycles. The highest BCUT2D eigenvalue weighted by molar-refractivity contribution is 6.74. The molecule has 0 N–H and O–H groups in total. The summed E-state index contributed by atoms with van der Waals surface area (Å²) in [7, 11) is -1.93. The summed E-state index contributed by atoms with van der Waals surface area (Å²) in [5, 5.41) is 0.154. The van der Waals surface area contributed by atoms with Gasteiger partial charge in [-0.1, -0.05) is 45.0 Å². The van der Waals surface area contributed by atoms with Gasteiger partial charge in [0, 0.05) is 18.2 Å². The van der Waals surface area contributed by atoms with Crippen LogP contribution in [0, 0.1) is 11.9 Å². The van der Waals surface area contributed by atoms with E-state index in [9.17, 15) is 9.18 Å². The van der Waals surface area contributed by atoms with Crippen molar-refractivity contribution < 1.29 is 13.6 Å². The zero-order valence-electron chi connectivity index (χ0n) is 20.6. The highest BCUT2D eigenvalue weighted by atomic mass is 28.4. The number of piperidine rings is 1. The van der Waals surface area contributed by atoms with E-state index in [0.29, 0.717) is 6.04 Å². The lowest BCUT2D eigenvalue weighted by molar-refractivity contribution is 0.0298. The zero-order chi connectivity index (χ0) is 23.8. The minimum absolute atomic E-state index is 0.108. The van der Waals surface area contributed by atoms with Gasteiger partial charge in [0.15, 0.2) is 14.1 Å². The first-order valence-electron chi connectivity index (χ1n) is 12.2. The first-order chi connectivity index (χ1) is 15.6. The predicted molar refractivity (Wildman–Crippen MR) is 133 cm³/mol. The summed E-state index contributed by atoms with van der Waals surface area (Å²) in [5.41, 5.74) is 2.93. The van der Waals surface area contributed by atoms with Gasteiger partial charge in [0.1, 0.15) is 0 Å². The Morgan fingerprint density at radius 2 is 1.70 bits per heavy atom. The van der Waals surface area contributed by atoms with Crippen LogP contribution in [0.5, 0.6) is 0 Å². The molecule has 178 valence electrons. The number of fused-ring (bicyclic) bond motifs is 1. The highest BCUT2D eigenvalue weighted by Gasteiger charge is 2.44. The fraction of sp³-hybridized carbons (Fsp3) is 0.556. The number of aromatic nitrogens is 1. The van der Waals surface area contributed by atoms with Crippen molar-refractivity contribution >= 4 is 14.1 Å². The van der Waals surface area contributed by atoms with Gasteiger partial charge in [-0.3, -0.25) is 9.69 Å². The Hall–Kier alpha value is -1.89. The number of hydrogen-bond acceptors (Lipinski definition) is 4. The van der Waals surface area contributed by atoms with Gasteiger partial charge < -0.3 is 4.43 Å². The molecule has 0 spiro atoms. The molecule has 2 heterocycles. The Labute approximate surface area is 198 Å². The largest absolute Gasteiger partial charge is 0.412 e. The predicted octanol–water partition coefficient (Wildman–Crippen LogP) is 5.67. The number of nitrogens with zero attached hydrogens (tertiary/aromatic N) is 2. The molecule has 6 heteroatoms. The Bertz CT molecular complexity index is 996. The van der Waals surface area contributed by atoms with Crippen molar-refractivity contribution in [3.8, 4) is 0 Å². The minimum Gasteiger partial charge on any atom is -0.412 e. The van der Waals surface area contributed by atoms with Crippen molar-refractivity contribution in [2.45, 2.75) is 76.7 Å². The number of halogens is 1. The van der Waals surface area contributed by atoms with Crippen LogP contribution >= 0.6 is 0 Å². The molecule has 4 rings (SSSR count). The molecule has 0 radical (unpaired) electrons. The lowest BCUT2D eigenvalue weighted by atomic mass is 9.83. The second-order valence-corrected chi connectivity index (χ2v) is 15.9. The molecule has 1 fully saturated rings. The van der Waals surface area contributed by atoms with Gasteiger partial charge in [0.2, 0.25) is 5.95 Å². The van der Waals surface area contributed by atoms with Crippen LogP contribution in [0.25, 0.3) is 0 Å². The summed E-state index contributed by atoms with van der Waals surface area (Å²) in [4.78, 5) is 19.1. The molecule has 4 nitrogen and oxygen atoms in total. The third-order valence-corrected chi connectivity index (χ3v) is 12.5. The number of carbonyl (C=O) groups excluding carboxylic acids is 1. The average Bonchev–Trinajstić information content (AvgIpc) is 2.78. The number of likely N-dealkylation sites (tertiary alicyclic amines) is 1. The van der Waals surface area contributed by atoms with Crippen LogP contribution < -0.4 is 0 Å². The van der Waals surface area contributed by atoms with Crippen LogP contribution in [0.4, 0.5) is 4.39 Å². The van der Waals surface area contributed by atoms with Crippen molar-refractivity contribution in [3.63, 3.8) is 0 Å². The third-order valence-electron chi connectivity index (χ3n) is 8.04. The number of pyridine rings is 1. The summed E-state index contributed by atoms with van der Waals surface area (Å²) < 4.78 is 21.1. The average molecular weight is 469 g/mol. The molecule has 33 heavy (non-hydrogen) atoms. The van der Waals surface area contributed by atoms with Crippen LogP contribution in [0.1, 0.15) is 55.1 Å². The van der Waals surface area contributed by atoms with Crippen LogP contribution in [0.15, 0.2) is 42.6 Å². The van der Waals surface area contributed by atoms with E-state index in [2.05, 4.69) is 68.0 Å². The number of rotatable bonds is 5. The Morgan fingerprint density at radius 1 is 1.06 bits per heavy atom. The van der Waals surface area contributed by atoms with Gasteiger partial charge in [-0.2, -0.15) is 4.39 Å². The van der Waals surface area contributed by atoms with Crippen molar-refractivity contribution in [2.75, 3.05) is 13.1 Å². The fourth-order valence-electron chi connectivity index (χ4n) is 4.99. The maximum atomic E-state index is 14.1. The highest BCUT2D eigenvalue weighted by Crippen LogP contribution is 2.40. The number of Topliss-reactive ketones (excluding diaryl/α,β-unsaturated/α-hetero) is 1. The molecule has 1 aromatic heterocycles.